The molecule has 1 saturated carbocycles. The minimum atomic E-state index is -0.676. The van der Waals surface area contributed by atoms with Gasteiger partial charge in [-0.05, 0) is 31.4 Å². The first kappa shape index (κ1) is 23.0. The summed E-state index contributed by atoms with van der Waals surface area (Å²) in [6, 6.07) is 5.09. The van der Waals surface area contributed by atoms with Gasteiger partial charge in [0.05, 0.1) is 10.6 Å². The number of aldehydes is 1. The Labute approximate surface area is 178 Å². The molecule has 1 aromatic rings. The molecule has 5 heteroatoms. The van der Waals surface area contributed by atoms with Crippen LogP contribution in [0.3, 0.4) is 0 Å². The Bertz CT molecular complexity index is 759. The summed E-state index contributed by atoms with van der Waals surface area (Å²) in [5, 5.41) is 0.912. The molecule has 0 N–H and O–H groups in total. The second-order valence-electron chi connectivity index (χ2n) is 8.01. The van der Waals surface area contributed by atoms with E-state index in [1.54, 1.807) is 25.3 Å². The average Bonchev–Trinajstić information content (AvgIpc) is 2.69. The maximum atomic E-state index is 12.3. The summed E-state index contributed by atoms with van der Waals surface area (Å²) < 4.78 is 12.4. The minimum absolute atomic E-state index is 0.243. The number of rotatable bonds is 8. The van der Waals surface area contributed by atoms with E-state index in [-0.39, 0.29) is 5.41 Å². The number of carbonyl (C=O) groups excluding carboxylic acids is 1. The third-order valence-electron chi connectivity index (χ3n) is 5.91. The van der Waals surface area contributed by atoms with Gasteiger partial charge in [0.1, 0.15) is 17.1 Å². The van der Waals surface area contributed by atoms with Crippen molar-refractivity contribution in [1.82, 2.24) is 0 Å². The second kappa shape index (κ2) is 9.47. The smallest absolute Gasteiger partial charge is 0.154 e. The highest BCUT2D eigenvalue weighted by molar-refractivity contribution is 6.36. The van der Waals surface area contributed by atoms with Crippen LogP contribution in [0, 0.1) is 5.41 Å². The molecule has 0 bridgehead atoms. The largest absolute Gasteiger partial charge is 0.462 e. The van der Waals surface area contributed by atoms with Crippen LogP contribution in [0.4, 0.5) is 0 Å². The number of ether oxygens (including phenoxy) is 2. The highest BCUT2D eigenvalue weighted by Gasteiger charge is 2.41. The lowest BCUT2D eigenvalue weighted by atomic mass is 9.80. The molecule has 0 amide bonds. The summed E-state index contributed by atoms with van der Waals surface area (Å²) in [5.41, 5.74) is 0.0512. The predicted molar refractivity (Wildman–Crippen MR) is 117 cm³/mol. The van der Waals surface area contributed by atoms with Gasteiger partial charge in [0.2, 0.25) is 0 Å². The molecule has 1 aliphatic carbocycles. The molecule has 0 aliphatic heterocycles. The molecule has 1 aromatic carbocycles. The maximum Gasteiger partial charge on any atom is 0.154 e. The maximum absolute atomic E-state index is 12.3. The number of carbonyl (C=O) groups is 1. The highest BCUT2D eigenvalue weighted by atomic mass is 35.5. The molecule has 154 valence electrons. The summed E-state index contributed by atoms with van der Waals surface area (Å²) >= 11 is 12.5. The van der Waals surface area contributed by atoms with Crippen LogP contribution in [0.25, 0.3) is 5.57 Å². The summed E-state index contributed by atoms with van der Waals surface area (Å²) in [6.45, 7) is 10.4. The zero-order valence-electron chi connectivity index (χ0n) is 17.2. The van der Waals surface area contributed by atoms with E-state index < -0.39 is 5.60 Å². The molecule has 1 aliphatic rings. The zero-order chi connectivity index (χ0) is 20.9. The quantitative estimate of drug-likeness (QED) is 0.251. The molecule has 0 radical (unpaired) electrons. The number of hydrogen-bond donors (Lipinski definition) is 0. The normalized spacial score (nSPS) is 17.6. The fraction of sp³-hybridized carbons (Fsp3) is 0.522. The first-order valence-corrected chi connectivity index (χ1v) is 10.5. The Kier molecular flexibility index (Phi) is 7.78. The van der Waals surface area contributed by atoms with E-state index in [0.717, 1.165) is 44.8 Å². The van der Waals surface area contributed by atoms with Crippen molar-refractivity contribution < 1.29 is 14.3 Å². The van der Waals surface area contributed by atoms with Gasteiger partial charge >= 0.3 is 0 Å². The van der Waals surface area contributed by atoms with Crippen molar-refractivity contribution in [2.45, 2.75) is 64.9 Å². The molecule has 28 heavy (non-hydrogen) atoms. The number of benzene rings is 1. The number of allylic oxidation sites excluding steroid dienone is 2. The predicted octanol–water partition coefficient (Wildman–Crippen LogP) is 7.22. The van der Waals surface area contributed by atoms with E-state index in [4.69, 9.17) is 32.7 Å². The Morgan fingerprint density at radius 2 is 1.89 bits per heavy atom. The number of halogens is 2. The molecule has 0 spiro atoms. The van der Waals surface area contributed by atoms with E-state index in [1.807, 2.05) is 0 Å². The van der Waals surface area contributed by atoms with Crippen molar-refractivity contribution in [3.8, 4) is 0 Å². The van der Waals surface area contributed by atoms with Crippen molar-refractivity contribution >= 4 is 35.1 Å². The monoisotopic (exact) mass is 424 g/mol. The summed E-state index contributed by atoms with van der Waals surface area (Å²) in [7, 11) is 1.67. The summed E-state index contributed by atoms with van der Waals surface area (Å²) in [5.74, 6) is 1.11. The highest BCUT2D eigenvalue weighted by Crippen LogP contribution is 2.44. The Hall–Kier alpha value is -1.29. The van der Waals surface area contributed by atoms with Crippen molar-refractivity contribution in [3.63, 3.8) is 0 Å². The van der Waals surface area contributed by atoms with E-state index in [2.05, 4.69) is 27.4 Å². The van der Waals surface area contributed by atoms with Gasteiger partial charge in [0, 0.05) is 23.1 Å². The Balaban J connectivity index is 2.68. The summed E-state index contributed by atoms with van der Waals surface area (Å²) in [6.07, 6.45) is 6.36. The Morgan fingerprint density at radius 3 is 2.39 bits per heavy atom. The van der Waals surface area contributed by atoms with Crippen LogP contribution in [-0.2, 0) is 14.3 Å². The van der Waals surface area contributed by atoms with E-state index in [1.165, 1.54) is 0 Å². The van der Waals surface area contributed by atoms with Gasteiger partial charge in [-0.2, -0.15) is 0 Å². The van der Waals surface area contributed by atoms with Crippen LogP contribution in [0.2, 0.25) is 10.0 Å². The van der Waals surface area contributed by atoms with Gasteiger partial charge < -0.3 is 9.47 Å². The standard InChI is InChI=1S/C23H30Cl2O3/c1-6-22(3,4)16(2)28-21(23(27-5)12-8-7-9-13-23)19(15-26)18-11-10-17(24)14-20(18)25/h10-11,14-15H,2,6-9,12-13H2,1,3-5H3/b21-19-. The molecule has 0 unspecified atom stereocenters. The first-order chi connectivity index (χ1) is 13.2. The van der Waals surface area contributed by atoms with E-state index in [0.29, 0.717) is 32.7 Å². The SMILES string of the molecule is C=C(O/C(=C(/C=O)c1ccc(Cl)cc1Cl)C1(OC)CCCCC1)C(C)(C)CC. The van der Waals surface area contributed by atoms with Gasteiger partial charge in [-0.25, -0.2) is 0 Å². The lowest BCUT2D eigenvalue weighted by molar-refractivity contribution is -0.104. The van der Waals surface area contributed by atoms with Crippen LogP contribution in [-0.4, -0.2) is 19.0 Å². The van der Waals surface area contributed by atoms with Crippen LogP contribution >= 0.6 is 23.2 Å². The third-order valence-corrected chi connectivity index (χ3v) is 6.46. The van der Waals surface area contributed by atoms with E-state index >= 15 is 0 Å². The van der Waals surface area contributed by atoms with Crippen molar-refractivity contribution in [2.24, 2.45) is 5.41 Å². The second-order valence-corrected chi connectivity index (χ2v) is 8.85. The van der Waals surface area contributed by atoms with Crippen LogP contribution in [0.1, 0.15) is 64.9 Å². The molecule has 0 aromatic heterocycles. The minimum Gasteiger partial charge on any atom is -0.462 e. The molecule has 1 fully saturated rings. The number of hydrogen-bond acceptors (Lipinski definition) is 3. The lowest BCUT2D eigenvalue weighted by Gasteiger charge is -2.40. The average molecular weight is 425 g/mol. The van der Waals surface area contributed by atoms with Crippen LogP contribution < -0.4 is 0 Å². The molecule has 2 rings (SSSR count). The topological polar surface area (TPSA) is 35.5 Å². The van der Waals surface area contributed by atoms with Crippen molar-refractivity contribution in [1.29, 1.82) is 0 Å². The van der Waals surface area contributed by atoms with Crippen molar-refractivity contribution in [3.05, 3.63) is 51.9 Å². The van der Waals surface area contributed by atoms with Gasteiger partial charge in [-0.15, -0.1) is 0 Å². The molecular weight excluding hydrogens is 395 g/mol. The number of methoxy groups -OCH3 is 1. The van der Waals surface area contributed by atoms with Gasteiger partial charge in [-0.3, -0.25) is 4.79 Å². The first-order valence-electron chi connectivity index (χ1n) is 9.78. The fourth-order valence-corrected chi connectivity index (χ4v) is 3.96. The van der Waals surface area contributed by atoms with Gasteiger partial charge in [0.25, 0.3) is 0 Å². The van der Waals surface area contributed by atoms with Gasteiger partial charge in [0.15, 0.2) is 6.29 Å². The van der Waals surface area contributed by atoms with E-state index in [9.17, 15) is 4.79 Å². The van der Waals surface area contributed by atoms with Crippen LogP contribution in [0.5, 0.6) is 0 Å². The lowest BCUT2D eigenvalue weighted by Crippen LogP contribution is -2.38. The summed E-state index contributed by atoms with van der Waals surface area (Å²) in [4.78, 5) is 12.3. The zero-order valence-corrected chi connectivity index (χ0v) is 18.8. The Morgan fingerprint density at radius 1 is 1.25 bits per heavy atom. The molecular formula is C23H30Cl2O3. The van der Waals surface area contributed by atoms with Crippen LogP contribution in [0.15, 0.2) is 36.3 Å². The molecule has 0 atom stereocenters. The fourth-order valence-electron chi connectivity index (χ4n) is 3.45. The molecule has 0 saturated heterocycles. The molecule has 0 heterocycles. The van der Waals surface area contributed by atoms with Gasteiger partial charge in [-0.1, -0.05) is 75.9 Å². The third kappa shape index (κ3) is 4.82. The molecule has 3 nitrogen and oxygen atoms in total. The van der Waals surface area contributed by atoms with Crippen molar-refractivity contribution in [2.75, 3.05) is 7.11 Å².